The Morgan fingerprint density at radius 3 is 2.18 bits per heavy atom. The number of unbranched alkanes of at least 4 members (excludes halogenated alkanes) is 2. The lowest BCUT2D eigenvalue weighted by atomic mass is 9.77. The summed E-state index contributed by atoms with van der Waals surface area (Å²) in [6, 6.07) is 0. The van der Waals surface area contributed by atoms with Crippen LogP contribution in [-0.2, 0) is 4.74 Å². The maximum atomic E-state index is 5.73. The van der Waals surface area contributed by atoms with Gasteiger partial charge in [-0.05, 0) is 38.1 Å². The quantitative estimate of drug-likeness (QED) is 0.523. The average molecular weight is 243 g/mol. The SMILES string of the molecule is CCCCOCCC(CC)(CCCC)CNC. The summed E-state index contributed by atoms with van der Waals surface area (Å²) in [4.78, 5) is 0. The molecule has 0 rings (SSSR count). The van der Waals surface area contributed by atoms with E-state index in [4.69, 9.17) is 4.74 Å². The molecule has 1 N–H and O–H groups in total. The van der Waals surface area contributed by atoms with Crippen LogP contribution in [0.1, 0.15) is 65.7 Å². The molecule has 0 spiro atoms. The van der Waals surface area contributed by atoms with Crippen molar-refractivity contribution in [2.24, 2.45) is 5.41 Å². The standard InChI is InChI=1S/C15H33NO/c1-5-8-10-15(7-3,14-16-4)11-13-17-12-9-6-2/h16H,5-14H2,1-4H3. The zero-order valence-electron chi connectivity index (χ0n) is 12.5. The molecule has 104 valence electrons. The maximum absolute atomic E-state index is 5.73. The van der Waals surface area contributed by atoms with Crippen LogP contribution in [0.15, 0.2) is 0 Å². The molecule has 0 aliphatic rings. The van der Waals surface area contributed by atoms with E-state index in [1.165, 1.54) is 44.9 Å². The van der Waals surface area contributed by atoms with E-state index in [0.29, 0.717) is 5.41 Å². The third-order valence-corrected chi connectivity index (χ3v) is 3.78. The molecule has 0 aliphatic carbocycles. The normalized spacial score (nSPS) is 14.8. The highest BCUT2D eigenvalue weighted by molar-refractivity contribution is 4.79. The Hall–Kier alpha value is -0.0800. The molecule has 0 heterocycles. The molecule has 2 nitrogen and oxygen atoms in total. The van der Waals surface area contributed by atoms with Gasteiger partial charge in [0.05, 0.1) is 0 Å². The third kappa shape index (κ3) is 7.77. The van der Waals surface area contributed by atoms with Crippen LogP contribution in [0, 0.1) is 5.41 Å². The zero-order chi connectivity index (χ0) is 13.0. The lowest BCUT2D eigenvalue weighted by Crippen LogP contribution is -2.33. The van der Waals surface area contributed by atoms with E-state index in [9.17, 15) is 0 Å². The summed E-state index contributed by atoms with van der Waals surface area (Å²) in [6.07, 6.45) is 8.84. The molecule has 0 amide bonds. The fourth-order valence-electron chi connectivity index (χ4n) is 2.34. The van der Waals surface area contributed by atoms with Gasteiger partial charge in [-0.3, -0.25) is 0 Å². The molecule has 1 atom stereocenters. The molecule has 17 heavy (non-hydrogen) atoms. The van der Waals surface area contributed by atoms with E-state index in [-0.39, 0.29) is 0 Å². The van der Waals surface area contributed by atoms with Crippen molar-refractivity contribution in [3.05, 3.63) is 0 Å². The minimum Gasteiger partial charge on any atom is -0.381 e. The lowest BCUT2D eigenvalue weighted by molar-refractivity contribution is 0.0839. The fourth-order valence-corrected chi connectivity index (χ4v) is 2.34. The van der Waals surface area contributed by atoms with Crippen molar-refractivity contribution in [2.75, 3.05) is 26.8 Å². The molecule has 0 saturated carbocycles. The Labute approximate surface area is 109 Å². The van der Waals surface area contributed by atoms with Gasteiger partial charge >= 0.3 is 0 Å². The first kappa shape index (κ1) is 16.9. The van der Waals surface area contributed by atoms with E-state index in [2.05, 4.69) is 33.1 Å². The van der Waals surface area contributed by atoms with Crippen LogP contribution in [0.4, 0.5) is 0 Å². The molecular weight excluding hydrogens is 210 g/mol. The highest BCUT2D eigenvalue weighted by Crippen LogP contribution is 2.32. The van der Waals surface area contributed by atoms with E-state index in [0.717, 1.165) is 19.8 Å². The molecule has 0 aromatic carbocycles. The van der Waals surface area contributed by atoms with Crippen molar-refractivity contribution in [1.29, 1.82) is 0 Å². The molecule has 0 fully saturated rings. The molecule has 2 heteroatoms. The predicted molar refractivity (Wildman–Crippen MR) is 76.5 cm³/mol. The summed E-state index contributed by atoms with van der Waals surface area (Å²) < 4.78 is 5.73. The van der Waals surface area contributed by atoms with Gasteiger partial charge in [0.15, 0.2) is 0 Å². The maximum Gasteiger partial charge on any atom is 0.0471 e. The average Bonchev–Trinajstić information content (AvgIpc) is 2.35. The monoisotopic (exact) mass is 243 g/mol. The van der Waals surface area contributed by atoms with Gasteiger partial charge in [-0.15, -0.1) is 0 Å². The van der Waals surface area contributed by atoms with Crippen LogP contribution in [0.25, 0.3) is 0 Å². The molecule has 1 unspecified atom stereocenters. The van der Waals surface area contributed by atoms with Crippen LogP contribution < -0.4 is 5.32 Å². The highest BCUT2D eigenvalue weighted by atomic mass is 16.5. The van der Waals surface area contributed by atoms with Gasteiger partial charge in [0.1, 0.15) is 0 Å². The minimum atomic E-state index is 0.455. The predicted octanol–water partition coefficient (Wildman–Crippen LogP) is 4.00. The van der Waals surface area contributed by atoms with Crippen LogP contribution >= 0.6 is 0 Å². The number of ether oxygens (including phenoxy) is 1. The minimum absolute atomic E-state index is 0.455. The van der Waals surface area contributed by atoms with Gasteiger partial charge in [-0.25, -0.2) is 0 Å². The first-order chi connectivity index (χ1) is 8.24. The Morgan fingerprint density at radius 1 is 0.941 bits per heavy atom. The molecule has 0 aromatic rings. The van der Waals surface area contributed by atoms with Crippen LogP contribution in [0.3, 0.4) is 0 Å². The van der Waals surface area contributed by atoms with Gasteiger partial charge < -0.3 is 10.1 Å². The lowest BCUT2D eigenvalue weighted by Gasteiger charge is -2.33. The van der Waals surface area contributed by atoms with Gasteiger partial charge in [-0.1, -0.05) is 40.0 Å². The second-order valence-electron chi connectivity index (χ2n) is 5.20. The Kier molecular flexibility index (Phi) is 11.0. The van der Waals surface area contributed by atoms with Crippen molar-refractivity contribution >= 4 is 0 Å². The summed E-state index contributed by atoms with van der Waals surface area (Å²) in [5.41, 5.74) is 0.455. The summed E-state index contributed by atoms with van der Waals surface area (Å²) >= 11 is 0. The van der Waals surface area contributed by atoms with Crippen LogP contribution in [0.5, 0.6) is 0 Å². The second kappa shape index (κ2) is 11.0. The number of rotatable bonds is 12. The molecule has 0 aromatic heterocycles. The fraction of sp³-hybridized carbons (Fsp3) is 1.00. The van der Waals surface area contributed by atoms with E-state index in [1.807, 2.05) is 0 Å². The number of hydrogen-bond acceptors (Lipinski definition) is 2. The first-order valence-corrected chi connectivity index (χ1v) is 7.47. The third-order valence-electron chi connectivity index (χ3n) is 3.78. The zero-order valence-corrected chi connectivity index (χ0v) is 12.5. The van der Waals surface area contributed by atoms with Crippen molar-refractivity contribution in [2.45, 2.75) is 65.7 Å². The van der Waals surface area contributed by atoms with E-state index in [1.54, 1.807) is 0 Å². The van der Waals surface area contributed by atoms with Crippen LogP contribution in [-0.4, -0.2) is 26.8 Å². The van der Waals surface area contributed by atoms with Crippen molar-refractivity contribution in [3.8, 4) is 0 Å². The number of hydrogen-bond donors (Lipinski definition) is 1. The summed E-state index contributed by atoms with van der Waals surface area (Å²) in [5.74, 6) is 0. The molecule has 0 radical (unpaired) electrons. The summed E-state index contributed by atoms with van der Waals surface area (Å²) in [6.45, 7) is 9.79. The first-order valence-electron chi connectivity index (χ1n) is 7.47. The highest BCUT2D eigenvalue weighted by Gasteiger charge is 2.26. The van der Waals surface area contributed by atoms with E-state index < -0.39 is 0 Å². The van der Waals surface area contributed by atoms with E-state index >= 15 is 0 Å². The topological polar surface area (TPSA) is 21.3 Å². The van der Waals surface area contributed by atoms with Gasteiger partial charge in [0, 0.05) is 19.8 Å². The molecule has 0 aliphatic heterocycles. The van der Waals surface area contributed by atoms with Crippen molar-refractivity contribution in [3.63, 3.8) is 0 Å². The Balaban J connectivity index is 3.97. The van der Waals surface area contributed by atoms with Crippen LogP contribution in [0.2, 0.25) is 0 Å². The van der Waals surface area contributed by atoms with Gasteiger partial charge in [0.2, 0.25) is 0 Å². The Morgan fingerprint density at radius 2 is 1.65 bits per heavy atom. The smallest absolute Gasteiger partial charge is 0.0471 e. The molecule has 0 bridgehead atoms. The largest absolute Gasteiger partial charge is 0.381 e. The number of nitrogens with one attached hydrogen (secondary N) is 1. The summed E-state index contributed by atoms with van der Waals surface area (Å²) in [5, 5.41) is 3.36. The van der Waals surface area contributed by atoms with Crippen molar-refractivity contribution in [1.82, 2.24) is 5.32 Å². The van der Waals surface area contributed by atoms with Crippen molar-refractivity contribution < 1.29 is 4.74 Å². The summed E-state index contributed by atoms with van der Waals surface area (Å²) in [7, 11) is 2.06. The Bertz CT molecular complexity index is 161. The van der Waals surface area contributed by atoms with Gasteiger partial charge in [0.25, 0.3) is 0 Å². The molecular formula is C15H33NO. The molecule has 0 saturated heterocycles. The second-order valence-corrected chi connectivity index (χ2v) is 5.20. The van der Waals surface area contributed by atoms with Gasteiger partial charge in [-0.2, -0.15) is 0 Å².